The summed E-state index contributed by atoms with van der Waals surface area (Å²) in [4.78, 5) is 0. The molecule has 0 aliphatic heterocycles. The molecule has 3 rings (SSSR count). The lowest BCUT2D eigenvalue weighted by Gasteiger charge is -2.25. The van der Waals surface area contributed by atoms with Crippen LogP contribution in [0.5, 0.6) is 0 Å². The number of hydrogen-bond donors (Lipinski definition) is 0. The summed E-state index contributed by atoms with van der Waals surface area (Å²) in [6, 6.07) is -4.59. The van der Waals surface area contributed by atoms with Crippen molar-refractivity contribution in [1.29, 1.82) is 0 Å². The molecule has 0 aromatic heterocycles. The zero-order valence-corrected chi connectivity index (χ0v) is 11.0. The van der Waals surface area contributed by atoms with Gasteiger partial charge in [-0.1, -0.05) is 76.8 Å². The summed E-state index contributed by atoms with van der Waals surface area (Å²) in [5.74, 6) is 0. The van der Waals surface area contributed by atoms with Crippen LogP contribution >= 0.6 is 0 Å². The summed E-state index contributed by atoms with van der Waals surface area (Å²) in [5.41, 5.74) is -5.99. The van der Waals surface area contributed by atoms with Gasteiger partial charge in [-0.25, -0.2) is 0 Å². The van der Waals surface area contributed by atoms with Crippen LogP contribution in [0.25, 0.3) is 11.1 Å². The second-order valence-corrected chi connectivity index (χ2v) is 5.75. The number of fused-ring (bicyclic) bond motifs is 3. The Morgan fingerprint density at radius 3 is 2.32 bits per heavy atom. The average Bonchev–Trinajstić information content (AvgIpc) is 2.95. The molecule has 0 nitrogen and oxygen atoms in total. The normalized spacial score (nSPS) is 27.2. The van der Waals surface area contributed by atoms with Crippen molar-refractivity contribution >= 4 is 0 Å². The third-order valence-corrected chi connectivity index (χ3v) is 3.25. The van der Waals surface area contributed by atoms with E-state index >= 15 is 0 Å². The summed E-state index contributed by atoms with van der Waals surface area (Å²) < 4.78 is 108. The second kappa shape index (κ2) is 3.72. The van der Waals surface area contributed by atoms with Crippen LogP contribution in [0.2, 0.25) is 0 Å². The highest BCUT2D eigenvalue weighted by atomic mass is 14.4. The van der Waals surface area contributed by atoms with Gasteiger partial charge in [0, 0.05) is 13.6 Å². The van der Waals surface area contributed by atoms with E-state index in [2.05, 4.69) is 0 Å². The Hall–Kier alpha value is -1.56. The Morgan fingerprint density at radius 1 is 0.947 bits per heavy atom. The number of hydrogen-bond acceptors (Lipinski definition) is 0. The topological polar surface area (TPSA) is 0 Å². The molecule has 2 aromatic rings. The van der Waals surface area contributed by atoms with E-state index in [-0.39, 0.29) is 5.56 Å². The van der Waals surface area contributed by atoms with Crippen molar-refractivity contribution in [3.8, 4) is 11.1 Å². The van der Waals surface area contributed by atoms with Gasteiger partial charge in [0.25, 0.3) is 0 Å². The van der Waals surface area contributed by atoms with Crippen LogP contribution in [0.1, 0.15) is 69.0 Å². The van der Waals surface area contributed by atoms with E-state index in [1.165, 1.54) is 0 Å². The molecule has 0 fully saturated rings. The highest BCUT2D eigenvalue weighted by molar-refractivity contribution is 5.80. The van der Waals surface area contributed by atoms with Gasteiger partial charge in [0.2, 0.25) is 0 Å². The lowest BCUT2D eigenvalue weighted by Crippen LogP contribution is -2.17. The number of rotatable bonds is 0. The van der Waals surface area contributed by atoms with Crippen molar-refractivity contribution in [2.75, 3.05) is 0 Å². The summed E-state index contributed by atoms with van der Waals surface area (Å²) in [5, 5.41) is 0. The molecule has 0 atom stereocenters. The van der Waals surface area contributed by atoms with Gasteiger partial charge in [0.05, 0.1) is 9.60 Å². The second-order valence-electron chi connectivity index (χ2n) is 5.75. The largest absolute Gasteiger partial charge is 0.0629 e. The van der Waals surface area contributed by atoms with Crippen LogP contribution in [-0.4, -0.2) is 0 Å². The lowest BCUT2D eigenvalue weighted by molar-refractivity contribution is 0.584. The van der Waals surface area contributed by atoms with Crippen LogP contribution in [0, 0.1) is 0 Å². The molecular formula is C19H22. The van der Waals surface area contributed by atoms with Gasteiger partial charge in [-0.15, -0.1) is 0 Å². The maximum Gasteiger partial charge on any atom is 0.0629 e. The van der Waals surface area contributed by atoms with Crippen molar-refractivity contribution in [3.63, 3.8) is 0 Å². The van der Waals surface area contributed by atoms with Crippen LogP contribution in [0.4, 0.5) is 0 Å². The molecule has 0 spiro atoms. The predicted molar refractivity (Wildman–Crippen MR) is 82.7 cm³/mol. The highest BCUT2D eigenvalue weighted by Gasteiger charge is 2.35. The Kier molecular flexibility index (Phi) is 0.878. The van der Waals surface area contributed by atoms with E-state index in [9.17, 15) is 0 Å². The SMILES string of the molecule is [2H]c1c([2H])c([2H])c2c(c1[2H])-c1c([2H])c([2H])c(C(C)(C)C)c([2H])c1C2(C([2H])([2H])[2H])C([2H])([2H])[2H]. The molecule has 0 heteroatoms. The molecule has 0 radical (unpaired) electrons. The molecule has 0 saturated carbocycles. The quantitative estimate of drug-likeness (QED) is 0.606. The van der Waals surface area contributed by atoms with Gasteiger partial charge < -0.3 is 0 Å². The maximum atomic E-state index is 8.84. The van der Waals surface area contributed by atoms with E-state index in [0.717, 1.165) is 0 Å². The third-order valence-electron chi connectivity index (χ3n) is 3.25. The van der Waals surface area contributed by atoms with Crippen molar-refractivity contribution in [2.24, 2.45) is 0 Å². The molecule has 2 aromatic carbocycles. The lowest BCUT2D eigenvalue weighted by atomic mass is 9.79. The molecule has 19 heavy (non-hydrogen) atoms. The van der Waals surface area contributed by atoms with Gasteiger partial charge in [-0.3, -0.25) is 0 Å². The average molecular weight is 263 g/mol. The highest BCUT2D eigenvalue weighted by Crippen LogP contribution is 2.49. The Bertz CT molecular complexity index is 1130. The molecule has 0 bridgehead atoms. The summed E-state index contributed by atoms with van der Waals surface area (Å²) >= 11 is 0. The zero-order chi connectivity index (χ0) is 24.9. The van der Waals surface area contributed by atoms with Crippen LogP contribution in [-0.2, 0) is 10.8 Å². The van der Waals surface area contributed by atoms with Crippen molar-refractivity contribution in [2.45, 2.75) is 45.3 Å². The minimum absolute atomic E-state index is 0.0258. The fraction of sp³-hybridized carbons (Fsp3) is 0.368. The van der Waals surface area contributed by atoms with E-state index in [1.807, 2.05) is 0 Å². The molecule has 1 aliphatic rings. The first-order chi connectivity index (χ1) is 14.2. The number of benzene rings is 2. The zero-order valence-electron chi connectivity index (χ0n) is 24.0. The molecule has 1 aliphatic carbocycles. The Labute approximate surface area is 134 Å². The third kappa shape index (κ3) is 1.74. The van der Waals surface area contributed by atoms with E-state index < -0.39 is 89.1 Å². The van der Waals surface area contributed by atoms with E-state index in [1.54, 1.807) is 20.8 Å². The molecule has 0 N–H and O–H groups in total. The molecular weight excluding hydrogens is 228 g/mol. The van der Waals surface area contributed by atoms with E-state index in [4.69, 9.17) is 17.8 Å². The Balaban J connectivity index is 2.84. The first-order valence-corrected chi connectivity index (χ1v) is 6.00. The molecule has 0 heterocycles. The monoisotopic (exact) mass is 263 g/mol. The summed E-state index contributed by atoms with van der Waals surface area (Å²) in [7, 11) is 0. The minimum Gasteiger partial charge on any atom is -0.0619 e. The molecule has 98 valence electrons. The minimum atomic E-state index is -3.36. The van der Waals surface area contributed by atoms with Gasteiger partial charge in [0.15, 0.2) is 0 Å². The molecule has 0 unspecified atom stereocenters. The molecule has 0 amide bonds. The summed E-state index contributed by atoms with van der Waals surface area (Å²) in [6.45, 7) is -1.79. The maximum absolute atomic E-state index is 8.84. The van der Waals surface area contributed by atoms with Gasteiger partial charge in [-0.05, 0) is 33.2 Å². The smallest absolute Gasteiger partial charge is 0.0619 e. The molecule has 0 saturated heterocycles. The van der Waals surface area contributed by atoms with E-state index in [0.29, 0.717) is 0 Å². The van der Waals surface area contributed by atoms with Gasteiger partial charge in [0.1, 0.15) is 0 Å². The van der Waals surface area contributed by atoms with Crippen LogP contribution < -0.4 is 0 Å². The first kappa shape index (κ1) is 4.48. The fourth-order valence-electron chi connectivity index (χ4n) is 2.16. The van der Waals surface area contributed by atoms with Crippen molar-refractivity contribution < 1.29 is 17.8 Å². The fourth-order valence-corrected chi connectivity index (χ4v) is 2.16. The van der Waals surface area contributed by atoms with Crippen molar-refractivity contribution in [3.05, 3.63) is 59.0 Å². The summed E-state index contributed by atoms with van der Waals surface area (Å²) in [6.07, 6.45) is 0. The Morgan fingerprint density at radius 2 is 1.63 bits per heavy atom. The van der Waals surface area contributed by atoms with Crippen LogP contribution in [0.3, 0.4) is 0 Å². The van der Waals surface area contributed by atoms with Crippen molar-refractivity contribution in [1.82, 2.24) is 0 Å². The van der Waals surface area contributed by atoms with Gasteiger partial charge >= 0.3 is 0 Å². The van der Waals surface area contributed by atoms with Crippen LogP contribution in [0.15, 0.2) is 42.3 Å². The standard InChI is InChI=1S/C19H22/c1-18(2,3)13-10-11-15-14-8-6-7-9-16(14)19(4,5)17(15)12-13/h6-12H,1-5H3/i4D3,5D3,6D,7D,8D,9D,10D,11D,12D. The van der Waals surface area contributed by atoms with Gasteiger partial charge in [-0.2, -0.15) is 0 Å². The predicted octanol–water partition coefficient (Wildman–Crippen LogP) is 5.29. The first-order valence-electron chi connectivity index (χ1n) is 12.5.